The Morgan fingerprint density at radius 3 is 2.63 bits per heavy atom. The van der Waals surface area contributed by atoms with Crippen LogP contribution in [0.4, 0.5) is 0 Å². The molecular weight excluding hydrogens is 500 g/mol. The van der Waals surface area contributed by atoms with E-state index in [4.69, 9.17) is 36.5 Å². The van der Waals surface area contributed by atoms with Gasteiger partial charge < -0.3 is 72.9 Å². The minimum Gasteiger partial charge on any atom is -0.492 e. The van der Waals surface area contributed by atoms with E-state index in [1.54, 1.807) is 14.0 Å². The van der Waals surface area contributed by atoms with E-state index >= 15 is 0 Å². The molecule has 38 heavy (non-hydrogen) atoms. The first kappa shape index (κ1) is 31.5. The molecule has 2 heterocycles. The summed E-state index contributed by atoms with van der Waals surface area (Å²) < 4.78 is 18.1. The molecule has 2 fully saturated rings. The van der Waals surface area contributed by atoms with E-state index in [2.05, 4.69) is 16.0 Å². The Labute approximate surface area is 223 Å². The predicted octanol–water partition coefficient (Wildman–Crippen LogP) is -5.00. The third-order valence-corrected chi connectivity index (χ3v) is 7.76. The summed E-state index contributed by atoms with van der Waals surface area (Å²) in [6.45, 7) is 2.46. The predicted molar refractivity (Wildman–Crippen MR) is 139 cm³/mol. The molecule has 12 unspecified atom stereocenters. The largest absolute Gasteiger partial charge is 0.492 e. The van der Waals surface area contributed by atoms with Gasteiger partial charge >= 0.3 is 0 Å². The maximum atomic E-state index is 11.7. The lowest BCUT2D eigenvalue weighted by atomic mass is 9.72. The van der Waals surface area contributed by atoms with Crippen molar-refractivity contribution in [3.63, 3.8) is 0 Å². The molecule has 0 amide bonds. The highest BCUT2D eigenvalue weighted by atomic mass is 16.7. The molecular formula is C24H48N6O8. The standard InChI is InChI=1S/C24H48N6O8/c1-24(35)11-36-23(19(34)22(24)28-2)38-21-16(30-9-12(32)8-25)7-15(27)17(18(21)33)20-14(26)4-3-13(37-20)10-29-5-6-31/h3,12,14-23,28-35H,4-11,25-27H2,1-2H3. The number of ether oxygens (including phenoxy) is 3. The Bertz CT molecular complexity index is 763. The maximum absolute atomic E-state index is 11.7. The fourth-order valence-corrected chi connectivity index (χ4v) is 5.68. The van der Waals surface area contributed by atoms with E-state index in [-0.39, 0.29) is 26.3 Å². The SMILES string of the molecule is CNC1C(O)C(OC2C(NCC(O)CN)CC(N)C(C3OC(CNCCO)=CCC3N)C2O)OCC1(C)O. The van der Waals surface area contributed by atoms with Crippen LogP contribution in [0.15, 0.2) is 11.8 Å². The van der Waals surface area contributed by atoms with Crippen LogP contribution >= 0.6 is 0 Å². The zero-order valence-corrected chi connectivity index (χ0v) is 22.3. The van der Waals surface area contributed by atoms with Gasteiger partial charge in [0.15, 0.2) is 6.29 Å². The van der Waals surface area contributed by atoms with Crippen molar-refractivity contribution in [1.29, 1.82) is 0 Å². The van der Waals surface area contributed by atoms with Crippen molar-refractivity contribution in [3.8, 4) is 0 Å². The number of aliphatic hydroxyl groups excluding tert-OH is 4. The van der Waals surface area contributed by atoms with Crippen molar-refractivity contribution in [2.45, 2.75) is 86.3 Å². The van der Waals surface area contributed by atoms with Gasteiger partial charge in [0.2, 0.25) is 0 Å². The Balaban J connectivity index is 1.81. The minimum absolute atomic E-state index is 0.00632. The molecule has 0 aromatic heterocycles. The summed E-state index contributed by atoms with van der Waals surface area (Å²) in [5.41, 5.74) is 17.2. The molecule has 14 N–H and O–H groups in total. The lowest BCUT2D eigenvalue weighted by Gasteiger charge is -2.50. The van der Waals surface area contributed by atoms with Gasteiger partial charge in [-0.2, -0.15) is 0 Å². The van der Waals surface area contributed by atoms with E-state index in [0.29, 0.717) is 31.7 Å². The highest BCUT2D eigenvalue weighted by Crippen LogP contribution is 2.36. The maximum Gasteiger partial charge on any atom is 0.185 e. The van der Waals surface area contributed by atoms with Crippen LogP contribution in [0.25, 0.3) is 0 Å². The van der Waals surface area contributed by atoms with E-state index in [1.807, 2.05) is 6.08 Å². The highest BCUT2D eigenvalue weighted by Gasteiger charge is 2.53. The van der Waals surface area contributed by atoms with Crippen molar-refractivity contribution in [2.24, 2.45) is 23.1 Å². The summed E-state index contributed by atoms with van der Waals surface area (Å²) in [6, 6.07) is -2.20. The van der Waals surface area contributed by atoms with Crippen LogP contribution in [-0.4, -0.2) is 139 Å². The lowest BCUT2D eigenvalue weighted by Crippen LogP contribution is -2.69. The molecule has 222 valence electrons. The van der Waals surface area contributed by atoms with Gasteiger partial charge in [0, 0.05) is 43.7 Å². The van der Waals surface area contributed by atoms with Gasteiger partial charge in [-0.3, -0.25) is 0 Å². The molecule has 1 saturated heterocycles. The molecule has 12 atom stereocenters. The number of rotatable bonds is 12. The first-order valence-electron chi connectivity index (χ1n) is 13.4. The number of likely N-dealkylation sites (N-methyl/N-ethyl adjacent to an activating group) is 1. The molecule has 3 rings (SSSR count). The summed E-state index contributed by atoms with van der Waals surface area (Å²) in [6.07, 6.45) is -3.12. The Hall–Kier alpha value is -0.980. The van der Waals surface area contributed by atoms with E-state index in [9.17, 15) is 20.4 Å². The second kappa shape index (κ2) is 14.1. The van der Waals surface area contributed by atoms with Crippen molar-refractivity contribution in [3.05, 3.63) is 11.8 Å². The number of nitrogens with one attached hydrogen (secondary N) is 3. The fraction of sp³-hybridized carbons (Fsp3) is 0.917. The van der Waals surface area contributed by atoms with Crippen LogP contribution in [-0.2, 0) is 14.2 Å². The molecule has 0 aromatic carbocycles. The minimum atomic E-state index is -1.33. The Morgan fingerprint density at radius 2 is 1.97 bits per heavy atom. The van der Waals surface area contributed by atoms with Crippen LogP contribution in [0.3, 0.4) is 0 Å². The van der Waals surface area contributed by atoms with Crippen LogP contribution < -0.4 is 33.2 Å². The van der Waals surface area contributed by atoms with Gasteiger partial charge in [0.25, 0.3) is 0 Å². The van der Waals surface area contributed by atoms with Gasteiger partial charge in [-0.05, 0) is 32.9 Å². The third-order valence-electron chi connectivity index (χ3n) is 7.76. The summed E-state index contributed by atoms with van der Waals surface area (Å²) in [4.78, 5) is 0. The van der Waals surface area contributed by atoms with Gasteiger partial charge in [0.1, 0.15) is 29.7 Å². The van der Waals surface area contributed by atoms with Gasteiger partial charge in [-0.25, -0.2) is 0 Å². The van der Waals surface area contributed by atoms with Crippen molar-refractivity contribution in [1.82, 2.24) is 16.0 Å². The summed E-state index contributed by atoms with van der Waals surface area (Å²) in [7, 11) is 1.62. The molecule has 0 radical (unpaired) electrons. The zero-order valence-electron chi connectivity index (χ0n) is 22.3. The van der Waals surface area contributed by atoms with E-state index in [1.165, 1.54) is 0 Å². The fourth-order valence-electron chi connectivity index (χ4n) is 5.68. The molecule has 1 aliphatic carbocycles. The monoisotopic (exact) mass is 548 g/mol. The molecule has 1 saturated carbocycles. The average Bonchev–Trinajstić information content (AvgIpc) is 2.87. The first-order chi connectivity index (χ1) is 18.0. The highest BCUT2D eigenvalue weighted by molar-refractivity contribution is 5.10. The van der Waals surface area contributed by atoms with Gasteiger partial charge in [-0.1, -0.05) is 0 Å². The Kier molecular flexibility index (Phi) is 11.7. The molecule has 3 aliphatic rings. The molecule has 2 aliphatic heterocycles. The summed E-state index contributed by atoms with van der Waals surface area (Å²) in [5.74, 6) is 0.0384. The average molecular weight is 549 g/mol. The molecule has 14 nitrogen and oxygen atoms in total. The van der Waals surface area contributed by atoms with Crippen molar-refractivity contribution < 1.29 is 39.7 Å². The molecule has 0 aromatic rings. The smallest absolute Gasteiger partial charge is 0.185 e. The normalized spacial score (nSPS) is 42.8. The van der Waals surface area contributed by atoms with Gasteiger partial charge in [-0.15, -0.1) is 0 Å². The van der Waals surface area contributed by atoms with E-state index < -0.39 is 72.5 Å². The Morgan fingerprint density at radius 1 is 1.24 bits per heavy atom. The zero-order chi connectivity index (χ0) is 28.0. The number of nitrogens with two attached hydrogens (primary N) is 3. The second-order valence-corrected chi connectivity index (χ2v) is 10.8. The quantitative estimate of drug-likeness (QED) is 0.102. The number of hydrogen-bond acceptors (Lipinski definition) is 14. The van der Waals surface area contributed by atoms with Crippen LogP contribution in [0.1, 0.15) is 19.8 Å². The van der Waals surface area contributed by atoms with Crippen LogP contribution in [0.2, 0.25) is 0 Å². The van der Waals surface area contributed by atoms with Crippen molar-refractivity contribution >= 4 is 0 Å². The number of hydrogen-bond donors (Lipinski definition) is 11. The second-order valence-electron chi connectivity index (χ2n) is 10.8. The van der Waals surface area contributed by atoms with Crippen molar-refractivity contribution in [2.75, 3.05) is 46.4 Å². The third kappa shape index (κ3) is 7.40. The topological polar surface area (TPSA) is 243 Å². The first-order valence-corrected chi connectivity index (χ1v) is 13.4. The van der Waals surface area contributed by atoms with E-state index in [0.717, 1.165) is 0 Å². The lowest BCUT2D eigenvalue weighted by molar-refractivity contribution is -0.298. The molecule has 0 spiro atoms. The van der Waals surface area contributed by atoms with Crippen LogP contribution in [0.5, 0.6) is 0 Å². The van der Waals surface area contributed by atoms with Crippen LogP contribution in [0, 0.1) is 5.92 Å². The molecule has 14 heteroatoms. The molecule has 0 bridgehead atoms. The van der Waals surface area contributed by atoms with Gasteiger partial charge in [0.05, 0.1) is 38.0 Å². The summed E-state index contributed by atoms with van der Waals surface area (Å²) in [5, 5.41) is 61.4. The summed E-state index contributed by atoms with van der Waals surface area (Å²) >= 11 is 0. The number of aliphatic hydroxyl groups is 5.